The number of amides is 2. The van der Waals surface area contributed by atoms with Crippen molar-refractivity contribution in [2.75, 3.05) is 13.2 Å². The third-order valence-corrected chi connectivity index (χ3v) is 7.19. The first-order chi connectivity index (χ1) is 14.2. The monoisotopic (exact) mass is 424 g/mol. The van der Waals surface area contributed by atoms with E-state index in [0.717, 1.165) is 12.8 Å². The summed E-state index contributed by atoms with van der Waals surface area (Å²) in [4.78, 5) is 41.5. The Morgan fingerprint density at radius 3 is 2.60 bits per heavy atom. The summed E-state index contributed by atoms with van der Waals surface area (Å²) in [5, 5.41) is 13.0. The Morgan fingerprint density at radius 1 is 1.33 bits per heavy atom. The molecule has 2 bridgehead atoms. The Kier molecular flexibility index (Phi) is 6.49. The fourth-order valence-electron chi connectivity index (χ4n) is 5.89. The first-order valence-corrected chi connectivity index (χ1v) is 11.3. The first-order valence-electron chi connectivity index (χ1n) is 11.3. The van der Waals surface area contributed by atoms with Gasteiger partial charge in [-0.3, -0.25) is 14.4 Å². The molecular weight excluding hydrogens is 388 g/mol. The molecule has 3 rings (SSSR count). The Balaban J connectivity index is 2.04. The van der Waals surface area contributed by atoms with E-state index < -0.39 is 41.1 Å². The number of nitrogens with zero attached hydrogens (tertiary/aromatic N) is 1. The van der Waals surface area contributed by atoms with Crippen LogP contribution in [0.3, 0.4) is 0 Å². The molecule has 0 radical (unpaired) electrons. The van der Waals surface area contributed by atoms with Crippen molar-refractivity contribution in [3.05, 3.63) is 0 Å². The molecule has 8 heteroatoms. The van der Waals surface area contributed by atoms with E-state index in [1.807, 2.05) is 27.7 Å². The van der Waals surface area contributed by atoms with Crippen molar-refractivity contribution in [1.82, 2.24) is 10.2 Å². The summed E-state index contributed by atoms with van der Waals surface area (Å²) in [7, 11) is 0. The maximum Gasteiger partial charge on any atom is 0.312 e. The minimum atomic E-state index is -1.07. The van der Waals surface area contributed by atoms with Crippen LogP contribution in [0.25, 0.3) is 0 Å². The molecule has 170 valence electrons. The van der Waals surface area contributed by atoms with Gasteiger partial charge in [0, 0.05) is 6.04 Å². The maximum absolute atomic E-state index is 13.7. The highest BCUT2D eigenvalue weighted by Gasteiger charge is 2.78. The van der Waals surface area contributed by atoms with Gasteiger partial charge in [0.15, 0.2) is 0 Å². The molecular formula is C22H36N2O6. The molecule has 3 aliphatic heterocycles. The van der Waals surface area contributed by atoms with Gasteiger partial charge in [0.25, 0.3) is 0 Å². The van der Waals surface area contributed by atoms with Crippen LogP contribution in [0.4, 0.5) is 0 Å². The molecule has 3 unspecified atom stereocenters. The fourth-order valence-corrected chi connectivity index (χ4v) is 5.89. The van der Waals surface area contributed by atoms with Gasteiger partial charge >= 0.3 is 5.97 Å². The lowest BCUT2D eigenvalue weighted by Crippen LogP contribution is -2.59. The van der Waals surface area contributed by atoms with Gasteiger partial charge < -0.3 is 24.8 Å². The topological polar surface area (TPSA) is 105 Å². The van der Waals surface area contributed by atoms with Crippen molar-refractivity contribution >= 4 is 17.8 Å². The predicted octanol–water partition coefficient (Wildman–Crippen LogP) is 1.39. The number of carbonyl (C=O) groups is 3. The largest absolute Gasteiger partial charge is 0.466 e. The SMILES string of the molecule is CCCC(C)NC(=O)C1N([C@@H](CC)CO)C(=O)[C@@H]2[C@H](C(=O)OCC)[C@]3(C)CCC12O3. The van der Waals surface area contributed by atoms with Crippen LogP contribution in [0, 0.1) is 11.8 Å². The number of likely N-dealkylation sites (tertiary alicyclic amines) is 1. The van der Waals surface area contributed by atoms with Crippen molar-refractivity contribution in [3.8, 4) is 0 Å². The summed E-state index contributed by atoms with van der Waals surface area (Å²) in [6, 6.07) is -1.42. The second-order valence-electron chi connectivity index (χ2n) is 9.17. The first kappa shape index (κ1) is 23.0. The van der Waals surface area contributed by atoms with Gasteiger partial charge in [-0.25, -0.2) is 0 Å². The number of hydrogen-bond acceptors (Lipinski definition) is 6. The van der Waals surface area contributed by atoms with E-state index in [2.05, 4.69) is 5.32 Å². The Hall–Kier alpha value is -1.67. The van der Waals surface area contributed by atoms with Crippen molar-refractivity contribution in [2.24, 2.45) is 11.8 Å². The second kappa shape index (κ2) is 8.46. The van der Waals surface area contributed by atoms with Gasteiger partial charge in [-0.15, -0.1) is 0 Å². The van der Waals surface area contributed by atoms with Gasteiger partial charge in [-0.1, -0.05) is 20.3 Å². The van der Waals surface area contributed by atoms with Crippen molar-refractivity contribution in [1.29, 1.82) is 0 Å². The van der Waals surface area contributed by atoms with Gasteiger partial charge in [0.05, 0.1) is 30.8 Å². The minimum absolute atomic E-state index is 0.0425. The Labute approximate surface area is 178 Å². The molecule has 30 heavy (non-hydrogen) atoms. The molecule has 1 spiro atoms. The lowest BCUT2D eigenvalue weighted by molar-refractivity contribution is -0.160. The molecule has 3 aliphatic rings. The Bertz CT molecular complexity index is 695. The van der Waals surface area contributed by atoms with Crippen LogP contribution in [-0.4, -0.2) is 70.3 Å². The molecule has 3 fully saturated rings. The maximum atomic E-state index is 13.7. The number of aliphatic hydroxyl groups excluding tert-OH is 1. The molecule has 0 saturated carbocycles. The summed E-state index contributed by atoms with van der Waals surface area (Å²) in [6.45, 7) is 9.41. The quantitative estimate of drug-likeness (QED) is 0.542. The van der Waals surface area contributed by atoms with Crippen molar-refractivity contribution < 1.29 is 29.0 Å². The number of ether oxygens (including phenoxy) is 2. The molecule has 8 nitrogen and oxygen atoms in total. The zero-order valence-corrected chi connectivity index (χ0v) is 18.8. The summed E-state index contributed by atoms with van der Waals surface area (Å²) in [6.07, 6.45) is 3.35. The molecule has 3 heterocycles. The summed E-state index contributed by atoms with van der Waals surface area (Å²) >= 11 is 0. The van der Waals surface area contributed by atoms with Crippen molar-refractivity contribution in [2.45, 2.75) is 96.1 Å². The van der Waals surface area contributed by atoms with Crippen molar-refractivity contribution in [3.63, 3.8) is 0 Å². The molecule has 7 atom stereocenters. The van der Waals surface area contributed by atoms with Crippen LogP contribution < -0.4 is 5.32 Å². The molecule has 2 N–H and O–H groups in total. The third kappa shape index (κ3) is 3.32. The number of nitrogens with one attached hydrogen (secondary N) is 1. The van der Waals surface area contributed by atoms with Crippen LogP contribution in [-0.2, 0) is 23.9 Å². The fraction of sp³-hybridized carbons (Fsp3) is 0.864. The molecule has 0 aromatic heterocycles. The third-order valence-electron chi connectivity index (χ3n) is 7.19. The van der Waals surface area contributed by atoms with E-state index in [4.69, 9.17) is 9.47 Å². The average molecular weight is 425 g/mol. The van der Waals surface area contributed by atoms with Crippen LogP contribution in [0.15, 0.2) is 0 Å². The smallest absolute Gasteiger partial charge is 0.312 e. The van der Waals surface area contributed by atoms with Crippen LogP contribution in [0.1, 0.15) is 66.7 Å². The van der Waals surface area contributed by atoms with Gasteiger partial charge in [-0.05, 0) is 46.5 Å². The molecule has 2 amide bonds. The highest BCUT2D eigenvalue weighted by molar-refractivity contribution is 5.98. The van der Waals surface area contributed by atoms with Crippen LogP contribution >= 0.6 is 0 Å². The lowest BCUT2D eigenvalue weighted by Gasteiger charge is -2.37. The second-order valence-corrected chi connectivity index (χ2v) is 9.17. The number of fused-ring (bicyclic) bond motifs is 1. The number of aliphatic hydroxyl groups is 1. The number of hydrogen-bond donors (Lipinski definition) is 2. The van der Waals surface area contributed by atoms with E-state index in [1.165, 1.54) is 4.90 Å². The molecule has 3 saturated heterocycles. The number of rotatable bonds is 9. The minimum Gasteiger partial charge on any atom is -0.466 e. The molecule has 0 aromatic rings. The van der Waals surface area contributed by atoms with Gasteiger partial charge in [0.2, 0.25) is 11.8 Å². The van der Waals surface area contributed by atoms with E-state index in [9.17, 15) is 19.5 Å². The Morgan fingerprint density at radius 2 is 2.03 bits per heavy atom. The summed E-state index contributed by atoms with van der Waals surface area (Å²) < 4.78 is 11.8. The highest BCUT2D eigenvalue weighted by atomic mass is 16.6. The van der Waals surface area contributed by atoms with Gasteiger partial charge in [0.1, 0.15) is 17.6 Å². The van der Waals surface area contributed by atoms with Crippen LogP contribution in [0.5, 0.6) is 0 Å². The highest BCUT2D eigenvalue weighted by Crippen LogP contribution is 2.63. The summed E-state index contributed by atoms with van der Waals surface area (Å²) in [5.41, 5.74) is -1.89. The van der Waals surface area contributed by atoms with E-state index in [-0.39, 0.29) is 31.1 Å². The standard InChI is InChI=1S/C22H36N2O6/c1-6-9-13(4)23-18(26)17-22-11-10-21(5,30-22)16(20(28)29-8-3)15(22)19(27)24(17)14(7-2)12-25/h13-17,25H,6-12H2,1-5H3,(H,23,26)/t13?,14-,15-,16+,17?,21-,22?/m0/s1. The van der Waals surface area contributed by atoms with E-state index in [0.29, 0.717) is 19.3 Å². The van der Waals surface area contributed by atoms with Gasteiger partial charge in [-0.2, -0.15) is 0 Å². The van der Waals surface area contributed by atoms with E-state index in [1.54, 1.807) is 6.92 Å². The normalized spacial score (nSPS) is 36.5. The number of carbonyl (C=O) groups excluding carboxylic acids is 3. The average Bonchev–Trinajstić information content (AvgIpc) is 3.25. The van der Waals surface area contributed by atoms with E-state index >= 15 is 0 Å². The molecule has 0 aliphatic carbocycles. The summed E-state index contributed by atoms with van der Waals surface area (Å²) in [5.74, 6) is -2.53. The number of esters is 1. The zero-order valence-electron chi connectivity index (χ0n) is 18.8. The molecule has 0 aromatic carbocycles. The zero-order chi connectivity index (χ0) is 22.3. The lowest BCUT2D eigenvalue weighted by atomic mass is 9.66. The van der Waals surface area contributed by atoms with Crippen LogP contribution in [0.2, 0.25) is 0 Å². The predicted molar refractivity (Wildman–Crippen MR) is 109 cm³/mol.